The molecule has 2 rings (SSSR count). The van der Waals surface area contributed by atoms with Crippen LogP contribution in [-0.4, -0.2) is 47.8 Å². The summed E-state index contributed by atoms with van der Waals surface area (Å²) in [7, 11) is 1.97. The summed E-state index contributed by atoms with van der Waals surface area (Å²) in [6.07, 6.45) is 8.01. The van der Waals surface area contributed by atoms with Crippen LogP contribution in [0.15, 0.2) is 67.3 Å². The van der Waals surface area contributed by atoms with Gasteiger partial charge in [-0.1, -0.05) is 63.8 Å². The summed E-state index contributed by atoms with van der Waals surface area (Å²) in [5, 5.41) is 12.7. The highest BCUT2D eigenvalue weighted by molar-refractivity contribution is 5.94. The van der Waals surface area contributed by atoms with Gasteiger partial charge < -0.3 is 20.1 Å². The van der Waals surface area contributed by atoms with Gasteiger partial charge in [0.1, 0.15) is 5.82 Å². The first-order valence-electron chi connectivity index (χ1n) is 11.1. The number of anilines is 1. The number of nitrogens with one attached hydrogen (secondary N) is 1. The van der Waals surface area contributed by atoms with Crippen LogP contribution in [0.4, 0.5) is 5.69 Å². The van der Waals surface area contributed by atoms with Crippen LogP contribution in [0.1, 0.15) is 56.0 Å². The zero-order valence-electron chi connectivity index (χ0n) is 19.8. The zero-order valence-corrected chi connectivity index (χ0v) is 19.8. The van der Waals surface area contributed by atoms with Gasteiger partial charge in [-0.15, -0.1) is 0 Å². The molecule has 6 nitrogen and oxygen atoms in total. The van der Waals surface area contributed by atoms with E-state index in [-0.39, 0.29) is 5.56 Å². The molecule has 1 heterocycles. The fourth-order valence-electron chi connectivity index (χ4n) is 2.98. The maximum Gasteiger partial charge on any atom is 0.337 e. The smallest absolute Gasteiger partial charge is 0.337 e. The second-order valence-electron chi connectivity index (χ2n) is 7.22. The minimum atomic E-state index is -0.998. The van der Waals surface area contributed by atoms with E-state index in [0.717, 1.165) is 56.0 Å². The lowest BCUT2D eigenvalue weighted by molar-refractivity contribution is 0.0698. The molecule has 0 amide bonds. The molecule has 0 atom stereocenters. The standard InChI is InChI=1S/C20H23N3O2.C6H14O/c1-4-13-23(3)19(16(5-2)15-9-7-6-8-10-15)22-18-14-21-12-11-17(18)20(24)25;1-3-5-7-6-4-2/h5-12,14,22H,2,4,13H2,1,3H3,(H,24,25);3-6H2,1-2H3/b19-16+;. The highest BCUT2D eigenvalue weighted by Gasteiger charge is 2.16. The number of allylic oxidation sites excluding steroid dienone is 2. The second kappa shape index (κ2) is 15.6. The van der Waals surface area contributed by atoms with Crippen molar-refractivity contribution >= 4 is 17.2 Å². The Morgan fingerprint density at radius 1 is 1.12 bits per heavy atom. The van der Waals surface area contributed by atoms with Crippen molar-refractivity contribution in [1.29, 1.82) is 0 Å². The molecule has 6 heteroatoms. The number of hydrogen-bond acceptors (Lipinski definition) is 5. The number of aromatic carboxylic acids is 1. The predicted octanol–water partition coefficient (Wildman–Crippen LogP) is 5.91. The number of aromatic nitrogens is 1. The van der Waals surface area contributed by atoms with E-state index in [9.17, 15) is 9.90 Å². The van der Waals surface area contributed by atoms with Gasteiger partial charge in [-0.05, 0) is 30.9 Å². The van der Waals surface area contributed by atoms with E-state index in [1.165, 1.54) is 18.5 Å². The Hall–Kier alpha value is -3.12. The quantitative estimate of drug-likeness (QED) is 0.316. The molecule has 1 aromatic heterocycles. The molecule has 32 heavy (non-hydrogen) atoms. The van der Waals surface area contributed by atoms with Crippen LogP contribution in [0.2, 0.25) is 0 Å². The maximum absolute atomic E-state index is 11.5. The molecule has 0 bridgehead atoms. The summed E-state index contributed by atoms with van der Waals surface area (Å²) in [6, 6.07) is 11.4. The van der Waals surface area contributed by atoms with Crippen molar-refractivity contribution in [2.75, 3.05) is 32.1 Å². The number of ether oxygens (including phenoxy) is 1. The Labute approximate surface area is 192 Å². The predicted molar refractivity (Wildman–Crippen MR) is 133 cm³/mol. The lowest BCUT2D eigenvalue weighted by Gasteiger charge is -2.26. The summed E-state index contributed by atoms with van der Waals surface area (Å²) in [5.74, 6) is -0.208. The monoisotopic (exact) mass is 439 g/mol. The SMILES string of the molecule is C=C/C(=C(/Nc1cnccc1C(=O)O)N(C)CCC)c1ccccc1.CCCOCCC. The van der Waals surface area contributed by atoms with Crippen LogP contribution < -0.4 is 5.32 Å². The van der Waals surface area contributed by atoms with E-state index in [2.05, 4.69) is 42.6 Å². The molecule has 0 radical (unpaired) electrons. The number of nitrogens with zero attached hydrogens (tertiary/aromatic N) is 2. The van der Waals surface area contributed by atoms with Crippen molar-refractivity contribution in [3.05, 3.63) is 78.4 Å². The van der Waals surface area contributed by atoms with Crippen molar-refractivity contribution in [2.24, 2.45) is 0 Å². The number of carboxylic acid groups (broad SMARTS) is 1. The Balaban J connectivity index is 0.000000633. The van der Waals surface area contributed by atoms with Gasteiger partial charge in [0.05, 0.1) is 17.4 Å². The summed E-state index contributed by atoms with van der Waals surface area (Å²) >= 11 is 0. The van der Waals surface area contributed by atoms with Gasteiger partial charge in [0.25, 0.3) is 0 Å². The van der Waals surface area contributed by atoms with Crippen LogP contribution in [0.3, 0.4) is 0 Å². The molecule has 0 aliphatic rings. The van der Waals surface area contributed by atoms with Crippen molar-refractivity contribution in [3.8, 4) is 0 Å². The van der Waals surface area contributed by atoms with Gasteiger partial charge in [0, 0.05) is 38.6 Å². The Morgan fingerprint density at radius 3 is 2.31 bits per heavy atom. The number of hydrogen-bond donors (Lipinski definition) is 2. The van der Waals surface area contributed by atoms with Gasteiger partial charge in [0.15, 0.2) is 0 Å². The summed E-state index contributed by atoms with van der Waals surface area (Å²) in [6.45, 7) is 12.9. The highest BCUT2D eigenvalue weighted by Crippen LogP contribution is 2.25. The van der Waals surface area contributed by atoms with Crippen LogP contribution >= 0.6 is 0 Å². The first-order chi connectivity index (χ1) is 15.5. The van der Waals surface area contributed by atoms with E-state index < -0.39 is 5.97 Å². The summed E-state index contributed by atoms with van der Waals surface area (Å²) < 4.78 is 5.13. The first-order valence-corrected chi connectivity index (χ1v) is 11.1. The van der Waals surface area contributed by atoms with Crippen molar-refractivity contribution in [2.45, 2.75) is 40.0 Å². The zero-order chi connectivity index (χ0) is 23.8. The molecule has 0 unspecified atom stereocenters. The minimum absolute atomic E-state index is 0.175. The van der Waals surface area contributed by atoms with Gasteiger partial charge >= 0.3 is 5.97 Å². The van der Waals surface area contributed by atoms with E-state index in [4.69, 9.17) is 4.74 Å². The third-order valence-corrected chi connectivity index (χ3v) is 4.49. The summed E-state index contributed by atoms with van der Waals surface area (Å²) in [5.41, 5.74) is 2.53. The first kappa shape index (κ1) is 26.9. The molecule has 0 fully saturated rings. The van der Waals surface area contributed by atoms with Gasteiger partial charge in [0.2, 0.25) is 0 Å². The van der Waals surface area contributed by atoms with Gasteiger partial charge in [-0.25, -0.2) is 4.79 Å². The highest BCUT2D eigenvalue weighted by atomic mass is 16.5. The number of carbonyl (C=O) groups is 1. The molecular weight excluding hydrogens is 402 g/mol. The molecule has 0 aliphatic heterocycles. The molecule has 1 aromatic carbocycles. The van der Waals surface area contributed by atoms with E-state index in [0.29, 0.717) is 5.69 Å². The average molecular weight is 440 g/mol. The Kier molecular flexibility index (Phi) is 13.2. The van der Waals surface area contributed by atoms with Crippen LogP contribution in [0, 0.1) is 0 Å². The Bertz CT molecular complexity index is 846. The molecule has 0 spiro atoms. The normalized spacial score (nSPS) is 11.0. The van der Waals surface area contributed by atoms with Crippen LogP contribution in [0.25, 0.3) is 5.57 Å². The lowest BCUT2D eigenvalue weighted by Crippen LogP contribution is -2.26. The van der Waals surface area contributed by atoms with E-state index in [1.54, 1.807) is 6.08 Å². The molecule has 2 N–H and O–H groups in total. The number of rotatable bonds is 12. The number of carboxylic acids is 1. The maximum atomic E-state index is 11.5. The number of benzene rings is 1. The largest absolute Gasteiger partial charge is 0.478 e. The lowest BCUT2D eigenvalue weighted by atomic mass is 10.1. The molecule has 0 aliphatic carbocycles. The average Bonchev–Trinajstić information content (AvgIpc) is 2.81. The molecule has 174 valence electrons. The van der Waals surface area contributed by atoms with Crippen molar-refractivity contribution in [1.82, 2.24) is 9.88 Å². The topological polar surface area (TPSA) is 74.7 Å². The van der Waals surface area contributed by atoms with Crippen LogP contribution in [0.5, 0.6) is 0 Å². The summed E-state index contributed by atoms with van der Waals surface area (Å²) in [4.78, 5) is 17.6. The van der Waals surface area contributed by atoms with Crippen molar-refractivity contribution < 1.29 is 14.6 Å². The molecule has 0 saturated heterocycles. The van der Waals surface area contributed by atoms with Crippen molar-refractivity contribution in [3.63, 3.8) is 0 Å². The van der Waals surface area contributed by atoms with E-state index in [1.807, 2.05) is 37.4 Å². The third-order valence-electron chi connectivity index (χ3n) is 4.49. The number of pyridine rings is 1. The Morgan fingerprint density at radius 2 is 1.78 bits per heavy atom. The molecular formula is C26H37N3O3. The van der Waals surface area contributed by atoms with Gasteiger partial charge in [-0.2, -0.15) is 0 Å². The third kappa shape index (κ3) is 8.94. The van der Waals surface area contributed by atoms with Gasteiger partial charge in [-0.3, -0.25) is 4.98 Å². The fraction of sp³-hybridized carbons (Fsp3) is 0.385. The van der Waals surface area contributed by atoms with E-state index >= 15 is 0 Å². The molecule has 2 aromatic rings. The van der Waals surface area contributed by atoms with Crippen LogP contribution in [-0.2, 0) is 4.74 Å². The minimum Gasteiger partial charge on any atom is -0.478 e. The molecule has 0 saturated carbocycles. The fourth-order valence-corrected chi connectivity index (χ4v) is 2.98. The second-order valence-corrected chi connectivity index (χ2v) is 7.22.